The highest BCUT2D eigenvalue weighted by Gasteiger charge is 2.22. The molecule has 0 bridgehead atoms. The van der Waals surface area contributed by atoms with Gasteiger partial charge in [-0.2, -0.15) is 0 Å². The number of sulfonamides is 1. The van der Waals surface area contributed by atoms with Crippen LogP contribution < -0.4 is 9.46 Å². The largest absolute Gasteiger partial charge is 0.480 e. The average molecular weight is 493 g/mol. The maximum absolute atomic E-state index is 14.1. The number of ether oxygens (including phenoxy) is 1. The van der Waals surface area contributed by atoms with Crippen LogP contribution in [0.3, 0.4) is 0 Å². The third kappa shape index (κ3) is 4.28. The Morgan fingerprint density at radius 3 is 2.51 bits per heavy atom. The molecule has 0 fully saturated rings. The van der Waals surface area contributed by atoms with Gasteiger partial charge < -0.3 is 4.74 Å². The van der Waals surface area contributed by atoms with Gasteiger partial charge in [-0.25, -0.2) is 27.2 Å². The number of hydrogen-bond donors (Lipinski definition) is 1. The first-order valence-electron chi connectivity index (χ1n) is 10.3. The van der Waals surface area contributed by atoms with E-state index in [0.29, 0.717) is 17.2 Å². The van der Waals surface area contributed by atoms with Gasteiger partial charge in [0.25, 0.3) is 10.0 Å². The van der Waals surface area contributed by atoms with Crippen LogP contribution in [0.2, 0.25) is 0 Å². The van der Waals surface area contributed by atoms with E-state index in [2.05, 4.69) is 19.7 Å². The minimum absolute atomic E-state index is 0.0123. The highest BCUT2D eigenvalue weighted by atomic mass is 32.2. The summed E-state index contributed by atoms with van der Waals surface area (Å²) in [6.07, 6.45) is 8.44. The number of anilines is 1. The van der Waals surface area contributed by atoms with Crippen LogP contribution in [0, 0.1) is 11.6 Å². The molecule has 0 aliphatic heterocycles. The molecule has 35 heavy (non-hydrogen) atoms. The Morgan fingerprint density at radius 1 is 0.971 bits per heavy atom. The molecule has 5 rings (SSSR count). The second kappa shape index (κ2) is 8.76. The smallest absolute Gasteiger partial charge is 0.264 e. The number of aromatic nitrogens is 4. The number of rotatable bonds is 6. The van der Waals surface area contributed by atoms with Crippen molar-refractivity contribution in [1.82, 2.24) is 19.5 Å². The number of hydrogen-bond acceptors (Lipinski definition) is 6. The molecule has 176 valence electrons. The van der Waals surface area contributed by atoms with Crippen molar-refractivity contribution in [3.8, 4) is 22.7 Å². The summed E-state index contributed by atoms with van der Waals surface area (Å²) in [5.41, 5.74) is 2.79. The van der Waals surface area contributed by atoms with Gasteiger partial charge >= 0.3 is 0 Å². The van der Waals surface area contributed by atoms with Gasteiger partial charge in [0.05, 0.1) is 19.0 Å². The molecule has 1 N–H and O–H groups in total. The predicted octanol–water partition coefficient (Wildman–Crippen LogP) is 4.57. The fourth-order valence-corrected chi connectivity index (χ4v) is 4.73. The Balaban J connectivity index is 1.52. The Hall–Kier alpha value is -4.38. The fraction of sp³-hybridized carbons (Fsp3) is 0.0417. The molecule has 0 radical (unpaired) electrons. The number of fused-ring (bicyclic) bond motifs is 1. The van der Waals surface area contributed by atoms with Crippen molar-refractivity contribution in [2.24, 2.45) is 0 Å². The van der Waals surface area contributed by atoms with E-state index in [1.807, 2.05) is 35.0 Å². The van der Waals surface area contributed by atoms with Crippen LogP contribution in [0.25, 0.3) is 27.8 Å². The predicted molar refractivity (Wildman–Crippen MR) is 126 cm³/mol. The van der Waals surface area contributed by atoms with Gasteiger partial charge in [0.15, 0.2) is 0 Å². The fourth-order valence-electron chi connectivity index (χ4n) is 3.63. The van der Waals surface area contributed by atoms with Crippen LogP contribution in [-0.4, -0.2) is 35.0 Å². The van der Waals surface area contributed by atoms with Gasteiger partial charge in [0.2, 0.25) is 5.88 Å². The first kappa shape index (κ1) is 22.4. The molecule has 0 aliphatic carbocycles. The number of nitrogens with one attached hydrogen (secondary N) is 1. The number of benzene rings is 1. The molecule has 0 spiro atoms. The molecule has 4 heterocycles. The van der Waals surface area contributed by atoms with E-state index in [-0.39, 0.29) is 11.6 Å². The maximum atomic E-state index is 14.1. The van der Waals surface area contributed by atoms with E-state index in [0.717, 1.165) is 28.9 Å². The minimum atomic E-state index is -4.39. The lowest BCUT2D eigenvalue weighted by Crippen LogP contribution is -2.15. The molecular weight excluding hydrogens is 476 g/mol. The summed E-state index contributed by atoms with van der Waals surface area (Å²) in [6, 6.07) is 11.2. The Kier molecular flexibility index (Phi) is 5.61. The van der Waals surface area contributed by atoms with E-state index in [9.17, 15) is 17.2 Å². The number of nitrogens with zero attached hydrogens (tertiary/aromatic N) is 4. The maximum Gasteiger partial charge on any atom is 0.264 e. The van der Waals surface area contributed by atoms with Crippen LogP contribution in [-0.2, 0) is 10.0 Å². The molecule has 0 saturated heterocycles. The van der Waals surface area contributed by atoms with E-state index in [1.54, 1.807) is 18.6 Å². The average Bonchev–Trinajstić information content (AvgIpc) is 3.27. The van der Waals surface area contributed by atoms with Crippen molar-refractivity contribution in [1.29, 1.82) is 0 Å². The second-order valence-corrected chi connectivity index (χ2v) is 9.15. The van der Waals surface area contributed by atoms with Crippen LogP contribution in [0.1, 0.15) is 0 Å². The van der Waals surface area contributed by atoms with Gasteiger partial charge in [-0.3, -0.25) is 14.3 Å². The van der Waals surface area contributed by atoms with Crippen molar-refractivity contribution in [3.05, 3.63) is 91.1 Å². The van der Waals surface area contributed by atoms with Crippen molar-refractivity contribution in [2.75, 3.05) is 11.8 Å². The van der Waals surface area contributed by atoms with E-state index < -0.39 is 26.6 Å². The Labute approximate surface area is 198 Å². The molecule has 5 aromatic rings. The molecule has 0 saturated carbocycles. The normalized spacial score (nSPS) is 11.5. The summed E-state index contributed by atoms with van der Waals surface area (Å²) < 4.78 is 62.3. The summed E-state index contributed by atoms with van der Waals surface area (Å²) in [4.78, 5) is 12.2. The molecule has 11 heteroatoms. The Morgan fingerprint density at radius 2 is 1.77 bits per heavy atom. The lowest BCUT2D eigenvalue weighted by molar-refractivity contribution is 0.400. The molecule has 4 aromatic heterocycles. The summed E-state index contributed by atoms with van der Waals surface area (Å²) in [5.74, 6) is -2.12. The second-order valence-electron chi connectivity index (χ2n) is 7.49. The molecule has 1 aromatic carbocycles. The van der Waals surface area contributed by atoms with Crippen LogP contribution >= 0.6 is 0 Å². The first-order chi connectivity index (χ1) is 16.9. The third-order valence-corrected chi connectivity index (χ3v) is 6.65. The third-order valence-electron chi connectivity index (χ3n) is 5.26. The quantitative estimate of drug-likeness (QED) is 0.372. The zero-order chi connectivity index (χ0) is 24.6. The van der Waals surface area contributed by atoms with Gasteiger partial charge in [0, 0.05) is 47.4 Å². The summed E-state index contributed by atoms with van der Waals surface area (Å²) in [7, 11) is -3.06. The van der Waals surface area contributed by atoms with Gasteiger partial charge in [-0.1, -0.05) is 0 Å². The van der Waals surface area contributed by atoms with Crippen molar-refractivity contribution < 1.29 is 21.9 Å². The summed E-state index contributed by atoms with van der Waals surface area (Å²) in [5, 5.41) is 0.845. The first-order valence-corrected chi connectivity index (χ1v) is 11.7. The standard InChI is InChI=1S/C24H17F2N5O3S/c1-34-24-21(30-35(32,33)22-5-4-18(25)11-20(22)26)10-17(13-29-24)16-9-15-6-8-31(23(15)28-12-16)19-3-2-7-27-14-19/h2-14,30H,1H3. The van der Waals surface area contributed by atoms with E-state index in [1.165, 1.54) is 19.4 Å². The van der Waals surface area contributed by atoms with Gasteiger partial charge in [0.1, 0.15) is 27.9 Å². The number of pyridine rings is 3. The highest BCUT2D eigenvalue weighted by molar-refractivity contribution is 7.92. The molecular formula is C24H17F2N5O3S. The SMILES string of the molecule is COc1ncc(-c2cnc3c(ccn3-c3cccnc3)c2)cc1NS(=O)(=O)c1ccc(F)cc1F. The monoisotopic (exact) mass is 493 g/mol. The lowest BCUT2D eigenvalue weighted by Gasteiger charge is -2.13. The van der Waals surface area contributed by atoms with Gasteiger partial charge in [-0.15, -0.1) is 0 Å². The Bertz CT molecular complexity index is 1660. The number of methoxy groups -OCH3 is 1. The van der Waals surface area contributed by atoms with E-state index >= 15 is 0 Å². The summed E-state index contributed by atoms with van der Waals surface area (Å²) in [6.45, 7) is 0. The zero-order valence-corrected chi connectivity index (χ0v) is 19.0. The molecule has 0 unspecified atom stereocenters. The van der Waals surface area contributed by atoms with Crippen LogP contribution in [0.15, 0.2) is 84.4 Å². The van der Waals surface area contributed by atoms with Crippen LogP contribution in [0.5, 0.6) is 5.88 Å². The van der Waals surface area contributed by atoms with Crippen molar-refractivity contribution in [2.45, 2.75) is 4.90 Å². The van der Waals surface area contributed by atoms with E-state index in [4.69, 9.17) is 4.74 Å². The van der Waals surface area contributed by atoms with Crippen molar-refractivity contribution in [3.63, 3.8) is 0 Å². The molecule has 8 nitrogen and oxygen atoms in total. The van der Waals surface area contributed by atoms with Gasteiger partial charge in [-0.05, 0) is 42.5 Å². The zero-order valence-electron chi connectivity index (χ0n) is 18.2. The lowest BCUT2D eigenvalue weighted by atomic mass is 10.1. The minimum Gasteiger partial charge on any atom is -0.480 e. The molecule has 0 aliphatic rings. The highest BCUT2D eigenvalue weighted by Crippen LogP contribution is 2.32. The molecule has 0 amide bonds. The topological polar surface area (TPSA) is 99.0 Å². The van der Waals surface area contributed by atoms with Crippen molar-refractivity contribution >= 4 is 26.7 Å². The number of halogens is 2. The molecule has 0 atom stereocenters. The van der Waals surface area contributed by atoms with Crippen LogP contribution in [0.4, 0.5) is 14.5 Å². The summed E-state index contributed by atoms with van der Waals surface area (Å²) >= 11 is 0.